The lowest BCUT2D eigenvalue weighted by Gasteiger charge is -2.27. The van der Waals surface area contributed by atoms with Gasteiger partial charge in [-0.2, -0.15) is 0 Å². The Morgan fingerprint density at radius 1 is 1.11 bits per heavy atom. The maximum atomic E-state index is 12.1. The van der Waals surface area contributed by atoms with Gasteiger partial charge >= 0.3 is 12.0 Å². The lowest BCUT2D eigenvalue weighted by atomic mass is 10.0. The SMILES string of the molecule is CN(C(=O)NC1CCCC1C(=O)O)C1CCCC1. The normalized spacial score (nSPS) is 28.3. The lowest BCUT2D eigenvalue weighted by molar-refractivity contribution is -0.142. The van der Waals surface area contributed by atoms with Crippen molar-refractivity contribution in [3.63, 3.8) is 0 Å². The molecule has 0 heterocycles. The summed E-state index contributed by atoms with van der Waals surface area (Å²) in [5.74, 6) is -1.20. The minimum Gasteiger partial charge on any atom is -0.481 e. The number of rotatable bonds is 3. The summed E-state index contributed by atoms with van der Waals surface area (Å²) in [6.45, 7) is 0. The molecule has 18 heavy (non-hydrogen) atoms. The first-order valence-electron chi connectivity index (χ1n) is 6.85. The largest absolute Gasteiger partial charge is 0.481 e. The van der Waals surface area contributed by atoms with Crippen LogP contribution in [-0.4, -0.2) is 41.1 Å². The van der Waals surface area contributed by atoms with E-state index < -0.39 is 11.9 Å². The number of carboxylic acid groups (broad SMARTS) is 1. The molecule has 2 N–H and O–H groups in total. The number of carbonyl (C=O) groups is 2. The highest BCUT2D eigenvalue weighted by Gasteiger charge is 2.35. The molecule has 2 rings (SSSR count). The van der Waals surface area contributed by atoms with E-state index >= 15 is 0 Å². The van der Waals surface area contributed by atoms with Gasteiger partial charge in [-0.1, -0.05) is 19.3 Å². The van der Waals surface area contributed by atoms with Crippen LogP contribution in [0.3, 0.4) is 0 Å². The van der Waals surface area contributed by atoms with Gasteiger partial charge in [-0.3, -0.25) is 4.79 Å². The van der Waals surface area contributed by atoms with Crippen LogP contribution in [0, 0.1) is 5.92 Å². The third-order valence-electron chi connectivity index (χ3n) is 4.33. The monoisotopic (exact) mass is 254 g/mol. The van der Waals surface area contributed by atoms with Crippen LogP contribution in [0.1, 0.15) is 44.9 Å². The van der Waals surface area contributed by atoms with Gasteiger partial charge in [-0.05, 0) is 25.7 Å². The number of nitrogens with one attached hydrogen (secondary N) is 1. The fourth-order valence-electron chi connectivity index (χ4n) is 3.15. The van der Waals surface area contributed by atoms with Gasteiger partial charge in [-0.25, -0.2) is 4.79 Å². The Bertz CT molecular complexity index is 326. The van der Waals surface area contributed by atoms with E-state index in [0.717, 1.165) is 25.7 Å². The number of urea groups is 1. The van der Waals surface area contributed by atoms with Gasteiger partial charge in [-0.15, -0.1) is 0 Å². The average molecular weight is 254 g/mol. The summed E-state index contributed by atoms with van der Waals surface area (Å²) in [6.07, 6.45) is 6.84. The van der Waals surface area contributed by atoms with Crippen molar-refractivity contribution >= 4 is 12.0 Å². The van der Waals surface area contributed by atoms with Gasteiger partial charge in [0, 0.05) is 19.1 Å². The van der Waals surface area contributed by atoms with Crippen molar-refractivity contribution in [2.24, 2.45) is 5.92 Å². The Hall–Kier alpha value is -1.26. The quantitative estimate of drug-likeness (QED) is 0.807. The van der Waals surface area contributed by atoms with Crippen LogP contribution in [-0.2, 0) is 4.79 Å². The van der Waals surface area contributed by atoms with Crippen molar-refractivity contribution in [2.45, 2.75) is 57.0 Å². The molecule has 0 bridgehead atoms. The lowest BCUT2D eigenvalue weighted by Crippen LogP contribution is -2.48. The molecule has 5 nitrogen and oxygen atoms in total. The molecule has 0 aromatic heterocycles. The van der Waals surface area contributed by atoms with E-state index in [4.69, 9.17) is 5.11 Å². The second kappa shape index (κ2) is 5.59. The minimum atomic E-state index is -0.790. The smallest absolute Gasteiger partial charge is 0.317 e. The van der Waals surface area contributed by atoms with Gasteiger partial charge in [0.15, 0.2) is 0 Å². The maximum Gasteiger partial charge on any atom is 0.317 e. The highest BCUT2D eigenvalue weighted by atomic mass is 16.4. The Morgan fingerprint density at radius 2 is 1.78 bits per heavy atom. The maximum absolute atomic E-state index is 12.1. The number of aliphatic carboxylic acids is 1. The predicted molar refractivity (Wildman–Crippen MR) is 67.3 cm³/mol. The molecule has 2 saturated carbocycles. The van der Waals surface area contributed by atoms with E-state index in [1.165, 1.54) is 12.8 Å². The molecule has 0 aromatic rings. The summed E-state index contributed by atoms with van der Waals surface area (Å²) in [7, 11) is 1.82. The molecule has 2 unspecified atom stereocenters. The Kier molecular flexibility index (Phi) is 4.09. The van der Waals surface area contributed by atoms with Crippen molar-refractivity contribution in [3.8, 4) is 0 Å². The fraction of sp³-hybridized carbons (Fsp3) is 0.846. The zero-order chi connectivity index (χ0) is 13.1. The molecule has 0 radical (unpaired) electrons. The summed E-state index contributed by atoms with van der Waals surface area (Å²) in [4.78, 5) is 24.9. The van der Waals surface area contributed by atoms with Gasteiger partial charge in [0.1, 0.15) is 0 Å². The predicted octanol–water partition coefficient (Wildman–Crippen LogP) is 1.82. The molecule has 2 aliphatic rings. The molecule has 0 aliphatic heterocycles. The summed E-state index contributed by atoms with van der Waals surface area (Å²) < 4.78 is 0. The number of hydrogen-bond acceptors (Lipinski definition) is 2. The number of carbonyl (C=O) groups excluding carboxylic acids is 1. The van der Waals surface area contributed by atoms with Crippen molar-refractivity contribution in [1.82, 2.24) is 10.2 Å². The first-order valence-corrected chi connectivity index (χ1v) is 6.85. The third-order valence-corrected chi connectivity index (χ3v) is 4.33. The summed E-state index contributed by atoms with van der Waals surface area (Å²) >= 11 is 0. The molecule has 2 aliphatic carbocycles. The molecule has 2 amide bonds. The van der Waals surface area contributed by atoms with Crippen LogP contribution in [0.15, 0.2) is 0 Å². The van der Waals surface area contributed by atoms with Crippen molar-refractivity contribution in [3.05, 3.63) is 0 Å². The average Bonchev–Trinajstić information content (AvgIpc) is 2.98. The number of hydrogen-bond donors (Lipinski definition) is 2. The number of nitrogens with zero attached hydrogens (tertiary/aromatic N) is 1. The van der Waals surface area contributed by atoms with E-state index in [1.54, 1.807) is 4.90 Å². The topological polar surface area (TPSA) is 69.6 Å². The summed E-state index contributed by atoms with van der Waals surface area (Å²) in [6, 6.07) is 0.0218. The molecular formula is C13H22N2O3. The van der Waals surface area contributed by atoms with Crippen molar-refractivity contribution in [1.29, 1.82) is 0 Å². The molecule has 0 aromatic carbocycles. The Balaban J connectivity index is 1.88. The Labute approximate surface area is 108 Å². The third kappa shape index (κ3) is 2.76. The van der Waals surface area contributed by atoms with Crippen molar-refractivity contribution < 1.29 is 14.7 Å². The molecule has 2 fully saturated rings. The standard InChI is InChI=1S/C13H22N2O3/c1-15(9-5-2-3-6-9)13(18)14-11-8-4-7-10(11)12(16)17/h9-11H,2-8H2,1H3,(H,14,18)(H,16,17). The first kappa shape index (κ1) is 13.2. The second-order valence-corrected chi connectivity index (χ2v) is 5.48. The number of amides is 2. The van der Waals surface area contributed by atoms with Gasteiger partial charge in [0.2, 0.25) is 0 Å². The van der Waals surface area contributed by atoms with Gasteiger partial charge < -0.3 is 15.3 Å². The van der Waals surface area contributed by atoms with E-state index in [2.05, 4.69) is 5.32 Å². The zero-order valence-corrected chi connectivity index (χ0v) is 10.9. The van der Waals surface area contributed by atoms with E-state index in [9.17, 15) is 9.59 Å². The molecule has 0 saturated heterocycles. The Morgan fingerprint density at radius 3 is 2.39 bits per heavy atom. The fourth-order valence-corrected chi connectivity index (χ4v) is 3.15. The van der Waals surface area contributed by atoms with E-state index in [0.29, 0.717) is 12.5 Å². The highest BCUT2D eigenvalue weighted by molar-refractivity contribution is 5.77. The minimum absolute atomic E-state index is 0.111. The van der Waals surface area contributed by atoms with Crippen LogP contribution in [0.2, 0.25) is 0 Å². The molecule has 2 atom stereocenters. The van der Waals surface area contributed by atoms with E-state index in [1.807, 2.05) is 7.05 Å². The number of carboxylic acids is 1. The highest BCUT2D eigenvalue weighted by Crippen LogP contribution is 2.27. The van der Waals surface area contributed by atoms with Gasteiger partial charge in [0.05, 0.1) is 5.92 Å². The summed E-state index contributed by atoms with van der Waals surface area (Å²) in [5.41, 5.74) is 0. The van der Waals surface area contributed by atoms with Gasteiger partial charge in [0.25, 0.3) is 0 Å². The molecule has 5 heteroatoms. The van der Waals surface area contributed by atoms with Crippen LogP contribution < -0.4 is 5.32 Å². The molecule has 102 valence electrons. The van der Waals surface area contributed by atoms with Crippen LogP contribution in [0.5, 0.6) is 0 Å². The van der Waals surface area contributed by atoms with Crippen molar-refractivity contribution in [2.75, 3.05) is 7.05 Å². The van der Waals surface area contributed by atoms with E-state index in [-0.39, 0.29) is 12.1 Å². The first-order chi connectivity index (χ1) is 8.59. The molecular weight excluding hydrogens is 232 g/mol. The zero-order valence-electron chi connectivity index (χ0n) is 10.9. The van der Waals surface area contributed by atoms with Crippen LogP contribution >= 0.6 is 0 Å². The summed E-state index contributed by atoms with van der Waals surface area (Å²) in [5, 5.41) is 12.0. The van der Waals surface area contributed by atoms with Crippen LogP contribution in [0.25, 0.3) is 0 Å². The second-order valence-electron chi connectivity index (χ2n) is 5.48. The van der Waals surface area contributed by atoms with Crippen LogP contribution in [0.4, 0.5) is 4.79 Å². The molecule has 0 spiro atoms.